The zero-order valence-electron chi connectivity index (χ0n) is 98.1. The summed E-state index contributed by atoms with van der Waals surface area (Å²) in [5.41, 5.74) is 7.99. The first-order valence-electron chi connectivity index (χ1n) is 55.6. The summed E-state index contributed by atoms with van der Waals surface area (Å²) in [5, 5.41) is 68.9. The highest BCUT2D eigenvalue weighted by atomic mass is 16.8. The summed E-state index contributed by atoms with van der Waals surface area (Å²) >= 11 is 0. The van der Waals surface area contributed by atoms with Crippen molar-refractivity contribution in [2.75, 3.05) is 26.2 Å². The van der Waals surface area contributed by atoms with Crippen LogP contribution < -0.4 is 74.8 Å². The van der Waals surface area contributed by atoms with E-state index in [1.165, 1.54) is 0 Å². The predicted molar refractivity (Wildman–Crippen MR) is 583 cm³/mol. The van der Waals surface area contributed by atoms with Crippen LogP contribution in [0, 0.1) is 0 Å². The fraction of sp³-hybridized carbons (Fsp3) is 0.920. The van der Waals surface area contributed by atoms with Crippen molar-refractivity contribution in [3.8, 4) is 0 Å². The summed E-state index contributed by atoms with van der Waals surface area (Å²) in [6, 6.07) is 0.752. The first-order valence-corrected chi connectivity index (χ1v) is 55.6. The van der Waals surface area contributed by atoms with Crippen LogP contribution in [0.5, 0.6) is 0 Å². The molecule has 0 bridgehead atoms. The molecule has 29 heteroatoms. The molecule has 0 aromatic heterocycles. The largest absolute Gasteiger partial charge is 0.353 e. The summed E-state index contributed by atoms with van der Waals surface area (Å²) in [4.78, 5) is 40.0. The molecule has 14 rings (SSSR count). The molecular weight excluding hydrogens is 1760 g/mol. The third-order valence-corrected chi connectivity index (χ3v) is 32.8. The van der Waals surface area contributed by atoms with Crippen LogP contribution >= 0.6 is 0 Å². The SMILES string of the molecule is CC1(C)CC(ON2N=C(N(C3CC(C)(C)NC(C)(C)C3)C3CC(C)(C)NC(C)(C)C3)C=C(N(CCN(C3=CC(N(C4CC(C)(C)NC(C)(C)C4)C4CC(C)(C)NC(C)(C)C4)=NN(OC4CC(C)(C)NC(C)(C)C4)N3)C3CC(C)(C)NC(C)(C)C3)CCN(C3=CC(N(C4CC(C)(C)NC(C)(C)C4)C4CC(C)(C)NC(C)(C)C4)=NN(OC4CC(C)(C)NC(C)(C)C4)N3)C3CC(C)(C)NC(C)(C)C3)N2)CC(C)(C)N1. The highest BCUT2D eigenvalue weighted by Crippen LogP contribution is 2.48. The Hall–Kier alpha value is -4.73. The molecule has 14 heterocycles. The van der Waals surface area contributed by atoms with Crippen LogP contribution in [0.25, 0.3) is 0 Å². The van der Waals surface area contributed by atoms with Crippen molar-refractivity contribution in [1.82, 2.24) is 120 Å². The summed E-state index contributed by atoms with van der Waals surface area (Å²) in [5.74, 6) is 5.71. The lowest BCUT2D eigenvalue weighted by atomic mass is 9.75. The average Bonchev–Trinajstić information content (AvgIpc) is 0.738. The van der Waals surface area contributed by atoms with Gasteiger partial charge in [0.1, 0.15) is 17.5 Å². The van der Waals surface area contributed by atoms with Gasteiger partial charge in [-0.25, -0.2) is 30.8 Å². The molecule has 0 amide bonds. The third-order valence-electron chi connectivity index (χ3n) is 32.8. The highest BCUT2D eigenvalue weighted by molar-refractivity contribution is 5.95. The highest BCUT2D eigenvalue weighted by Gasteiger charge is 2.56. The van der Waals surface area contributed by atoms with E-state index < -0.39 is 0 Å². The Morgan fingerprint density at radius 3 is 0.518 bits per heavy atom. The Balaban J connectivity index is 1.01. The first-order chi connectivity index (χ1) is 63.6. The molecule has 0 spiro atoms. The third kappa shape index (κ3) is 29.5. The number of hydrogen-bond acceptors (Lipinski definition) is 29. The Morgan fingerprint density at radius 2 is 0.348 bits per heavy atom. The summed E-state index contributed by atoms with van der Waals surface area (Å²) in [6.45, 7) is 108. The van der Waals surface area contributed by atoms with Crippen molar-refractivity contribution in [1.29, 1.82) is 0 Å². The van der Waals surface area contributed by atoms with Crippen LogP contribution in [-0.4, -0.2) is 277 Å². The lowest BCUT2D eigenvalue weighted by Gasteiger charge is -2.56. The second kappa shape index (κ2) is 37.7. The van der Waals surface area contributed by atoms with Gasteiger partial charge in [0, 0.05) is 215 Å². The number of rotatable bonds is 23. The Bertz CT molecular complexity index is 4110. The molecule has 14 N–H and O–H groups in total. The molecule has 29 nitrogen and oxygen atoms in total. The molecule has 0 radical (unpaired) electrons. The van der Waals surface area contributed by atoms with Gasteiger partial charge < -0.3 is 87.9 Å². The molecule has 808 valence electrons. The van der Waals surface area contributed by atoms with Crippen LogP contribution in [-0.2, 0) is 14.5 Å². The van der Waals surface area contributed by atoms with Crippen LogP contribution in [0.1, 0.15) is 446 Å². The smallest absolute Gasteiger partial charge is 0.157 e. The average molecular weight is 1970 g/mol. The van der Waals surface area contributed by atoms with Crippen molar-refractivity contribution < 1.29 is 14.5 Å². The van der Waals surface area contributed by atoms with Gasteiger partial charge in [0.05, 0.1) is 18.3 Å². The van der Waals surface area contributed by atoms with Crippen molar-refractivity contribution in [3.63, 3.8) is 0 Å². The van der Waals surface area contributed by atoms with Gasteiger partial charge in [-0.3, -0.25) is 0 Å². The minimum atomic E-state index is -0.259. The van der Waals surface area contributed by atoms with Crippen molar-refractivity contribution >= 4 is 17.5 Å². The van der Waals surface area contributed by atoms with Crippen LogP contribution in [0.2, 0.25) is 0 Å². The molecule has 14 aliphatic heterocycles. The lowest BCUT2D eigenvalue weighted by molar-refractivity contribution is -0.246. The summed E-state index contributed by atoms with van der Waals surface area (Å²) < 4.78 is 0. The van der Waals surface area contributed by atoms with E-state index in [1.54, 1.807) is 0 Å². The molecule has 0 saturated carbocycles. The molecule has 14 aliphatic rings. The fourth-order valence-electron chi connectivity index (χ4n) is 33.1. The van der Waals surface area contributed by atoms with E-state index in [0.29, 0.717) is 26.2 Å². The van der Waals surface area contributed by atoms with Gasteiger partial charge in [0.15, 0.2) is 17.5 Å². The van der Waals surface area contributed by atoms with Gasteiger partial charge in [-0.1, -0.05) is 15.8 Å². The molecule has 11 saturated heterocycles. The van der Waals surface area contributed by atoms with E-state index in [0.717, 1.165) is 176 Å². The number of hydrazine groups is 3. The van der Waals surface area contributed by atoms with E-state index in [-0.39, 0.29) is 189 Å². The first kappa shape index (κ1) is 112. The normalized spacial score (nSPS) is 30.4. The van der Waals surface area contributed by atoms with Crippen molar-refractivity contribution in [2.45, 2.75) is 634 Å². The minimum absolute atomic E-state index is 0.0181. The second-order valence-corrected chi connectivity index (χ2v) is 62.4. The van der Waals surface area contributed by atoms with E-state index in [4.69, 9.17) is 29.8 Å². The van der Waals surface area contributed by atoms with Gasteiger partial charge in [0.2, 0.25) is 0 Å². The van der Waals surface area contributed by atoms with Gasteiger partial charge in [-0.15, -0.1) is 15.3 Å². The Kier molecular flexibility index (Phi) is 29.9. The van der Waals surface area contributed by atoms with Gasteiger partial charge in [-0.05, 0) is 446 Å². The molecule has 0 atom stereocenters. The quantitative estimate of drug-likeness (QED) is 0.0453. The molecule has 11 fully saturated rings. The molecule has 141 heavy (non-hydrogen) atoms. The maximum Gasteiger partial charge on any atom is 0.157 e. The maximum absolute atomic E-state index is 7.80. The van der Waals surface area contributed by atoms with Crippen molar-refractivity contribution in [2.24, 2.45) is 15.3 Å². The van der Waals surface area contributed by atoms with E-state index in [9.17, 15) is 0 Å². The summed E-state index contributed by atoms with van der Waals surface area (Å²) in [6.07, 6.45) is 26.4. The lowest BCUT2D eigenvalue weighted by Crippen LogP contribution is -2.68. The number of hydrogen-bond donors (Lipinski definition) is 14. The minimum Gasteiger partial charge on any atom is -0.353 e. The molecule has 0 aromatic carbocycles. The van der Waals surface area contributed by atoms with E-state index in [2.05, 4.69) is 427 Å². The number of nitrogens with zero attached hydrogens (tertiary/aromatic N) is 12. The topological polar surface area (TPSA) is 262 Å². The van der Waals surface area contributed by atoms with Crippen molar-refractivity contribution in [3.05, 3.63) is 35.7 Å². The molecule has 0 aromatic rings. The summed E-state index contributed by atoms with van der Waals surface area (Å²) in [7, 11) is 0. The number of amidine groups is 3. The zero-order chi connectivity index (χ0) is 105. The number of hydrazone groups is 3. The van der Waals surface area contributed by atoms with Crippen LogP contribution in [0.3, 0.4) is 0 Å². The van der Waals surface area contributed by atoms with Gasteiger partial charge in [0.25, 0.3) is 0 Å². The molecule has 0 aliphatic carbocycles. The molecule has 0 unspecified atom stereocenters. The zero-order valence-corrected chi connectivity index (χ0v) is 98.1. The molecular formula is C112H212N26O3. The van der Waals surface area contributed by atoms with Crippen LogP contribution in [0.4, 0.5) is 0 Å². The second-order valence-electron chi connectivity index (χ2n) is 62.4. The van der Waals surface area contributed by atoms with Gasteiger partial charge >= 0.3 is 0 Å². The predicted octanol–water partition coefficient (Wildman–Crippen LogP) is 16.9. The monoisotopic (exact) mass is 1970 g/mol. The van der Waals surface area contributed by atoms with E-state index in [1.807, 2.05) is 15.8 Å². The van der Waals surface area contributed by atoms with Gasteiger partial charge in [-0.2, -0.15) is 0 Å². The number of piperidine rings is 11. The Morgan fingerprint density at radius 1 is 0.206 bits per heavy atom. The number of nitrogens with one attached hydrogen (secondary N) is 14. The fourth-order valence-corrected chi connectivity index (χ4v) is 33.1. The maximum atomic E-state index is 7.80. The van der Waals surface area contributed by atoms with E-state index >= 15 is 0 Å². The Labute approximate surface area is 858 Å². The standard InChI is InChI=1S/C112H212N26O3/c1-91(2)52-74(53-92(3,4)119-91)131(86-50-89(117-137(114-86)140-83-70-109(37,38)128-110(39,40)71-83)134(78-60-99(17,18)123-100(19,20)61-78)79-62-101(21,22)124-102(23,24)63-79)47-45-130(85-49-88(116-136(113-85)139-82-68-107(33,34)127-108(35,36)69-82)133(76-56-95(9,10)121-96(11,12)57-76)77-58-97(13,14)122-98(15,16)59-77)46-48-132(75-54-93(5,6)120-94(7,8)55-75)87-51-90(118-138(115-87)141-84-72-111(41,42)129-112(43,44)73-84)135(80-64-103(25,26)125-104(27,28)65-80)81-66-105(29,30)126-106(31,32)67-81/h49-51,74-84,113-115,119-129H,45-48,52-73H2,1-44H3. The van der Waals surface area contributed by atoms with Crippen LogP contribution in [0.15, 0.2) is 51.0 Å².